The molecule has 0 aliphatic heterocycles. The average Bonchev–Trinajstić information content (AvgIpc) is 2.41. The van der Waals surface area contributed by atoms with Gasteiger partial charge in [0, 0.05) is 18.2 Å². The van der Waals surface area contributed by atoms with E-state index in [9.17, 15) is 23.3 Å². The van der Waals surface area contributed by atoms with Gasteiger partial charge in [-0.05, 0) is 24.6 Å². The lowest BCUT2D eigenvalue weighted by Crippen LogP contribution is -2.05. The Morgan fingerprint density at radius 1 is 1.14 bits per heavy atom. The van der Waals surface area contributed by atoms with Crippen LogP contribution in [0, 0.1) is 34.5 Å². The minimum absolute atomic E-state index is 0.0719. The van der Waals surface area contributed by atoms with E-state index in [2.05, 4.69) is 5.32 Å². The van der Waals surface area contributed by atoms with Gasteiger partial charge in [0.15, 0.2) is 0 Å². The molecular weight excluding hydrogens is 285 g/mol. The number of rotatable bonds is 4. The van der Waals surface area contributed by atoms with Crippen molar-refractivity contribution in [3.63, 3.8) is 0 Å². The number of nitrogens with one attached hydrogen (secondary N) is 1. The van der Waals surface area contributed by atoms with E-state index in [1.807, 2.05) is 0 Å². The standard InChI is InChI=1S/C14H11F3N2O2/c1-8-4-13(14(19(20)21)6-11(8)16)18-7-9-2-3-10(15)5-12(9)17/h2-6,18H,7H2,1H3. The van der Waals surface area contributed by atoms with Crippen LogP contribution >= 0.6 is 0 Å². The molecule has 0 aliphatic carbocycles. The lowest BCUT2D eigenvalue weighted by molar-refractivity contribution is -0.384. The van der Waals surface area contributed by atoms with E-state index in [1.54, 1.807) is 0 Å². The monoisotopic (exact) mass is 296 g/mol. The first kappa shape index (κ1) is 14.8. The molecule has 2 rings (SSSR count). The number of nitro groups is 1. The molecule has 0 heterocycles. The summed E-state index contributed by atoms with van der Waals surface area (Å²) in [6.07, 6.45) is 0. The Bertz CT molecular complexity index is 705. The van der Waals surface area contributed by atoms with E-state index in [0.29, 0.717) is 0 Å². The first-order valence-corrected chi connectivity index (χ1v) is 6.01. The van der Waals surface area contributed by atoms with E-state index in [1.165, 1.54) is 19.1 Å². The van der Waals surface area contributed by atoms with Crippen molar-refractivity contribution in [2.45, 2.75) is 13.5 Å². The van der Waals surface area contributed by atoms with Crippen LogP contribution in [0.4, 0.5) is 24.5 Å². The molecule has 0 unspecified atom stereocenters. The van der Waals surface area contributed by atoms with E-state index < -0.39 is 28.1 Å². The van der Waals surface area contributed by atoms with Gasteiger partial charge < -0.3 is 5.32 Å². The predicted octanol–water partition coefficient (Wildman–Crippen LogP) is 3.93. The summed E-state index contributed by atoms with van der Waals surface area (Å²) in [6, 6.07) is 5.12. The normalized spacial score (nSPS) is 10.5. The first-order chi connectivity index (χ1) is 9.88. The summed E-state index contributed by atoms with van der Waals surface area (Å²) in [7, 11) is 0. The van der Waals surface area contributed by atoms with Crippen LogP contribution in [-0.2, 0) is 6.54 Å². The van der Waals surface area contributed by atoms with Crippen molar-refractivity contribution in [3.05, 3.63) is 69.0 Å². The number of anilines is 1. The Morgan fingerprint density at radius 2 is 1.86 bits per heavy atom. The van der Waals surface area contributed by atoms with Gasteiger partial charge in [0.05, 0.1) is 11.0 Å². The quantitative estimate of drug-likeness (QED) is 0.687. The molecule has 21 heavy (non-hydrogen) atoms. The summed E-state index contributed by atoms with van der Waals surface area (Å²) in [5, 5.41) is 13.6. The molecule has 0 radical (unpaired) electrons. The van der Waals surface area contributed by atoms with Gasteiger partial charge in [0.1, 0.15) is 23.1 Å². The van der Waals surface area contributed by atoms with Crippen LogP contribution in [0.15, 0.2) is 30.3 Å². The highest BCUT2D eigenvalue weighted by atomic mass is 19.1. The summed E-state index contributed by atoms with van der Waals surface area (Å²) < 4.78 is 39.6. The molecule has 110 valence electrons. The van der Waals surface area contributed by atoms with Crippen molar-refractivity contribution in [1.29, 1.82) is 0 Å². The zero-order valence-corrected chi connectivity index (χ0v) is 11.0. The summed E-state index contributed by atoms with van der Waals surface area (Å²) in [5.41, 5.74) is -0.00130. The summed E-state index contributed by atoms with van der Waals surface area (Å²) >= 11 is 0. The van der Waals surface area contributed by atoms with E-state index in [-0.39, 0.29) is 23.4 Å². The Morgan fingerprint density at radius 3 is 2.48 bits per heavy atom. The van der Waals surface area contributed by atoms with Crippen LogP contribution in [0.25, 0.3) is 0 Å². The highest BCUT2D eigenvalue weighted by molar-refractivity contribution is 5.63. The van der Waals surface area contributed by atoms with Gasteiger partial charge in [-0.3, -0.25) is 10.1 Å². The van der Waals surface area contributed by atoms with Crippen molar-refractivity contribution in [2.24, 2.45) is 0 Å². The molecule has 2 aromatic rings. The van der Waals surface area contributed by atoms with Gasteiger partial charge in [-0.2, -0.15) is 0 Å². The number of nitro benzene ring substituents is 1. The fourth-order valence-electron chi connectivity index (χ4n) is 1.82. The molecule has 0 fully saturated rings. The minimum Gasteiger partial charge on any atom is -0.375 e. The maximum atomic E-state index is 13.5. The fourth-order valence-corrected chi connectivity index (χ4v) is 1.82. The molecule has 4 nitrogen and oxygen atoms in total. The van der Waals surface area contributed by atoms with Gasteiger partial charge in [-0.25, -0.2) is 13.2 Å². The Balaban J connectivity index is 2.27. The second-order valence-corrected chi connectivity index (χ2v) is 4.46. The van der Waals surface area contributed by atoms with Crippen LogP contribution in [0.2, 0.25) is 0 Å². The Labute approximate surface area is 118 Å². The molecule has 0 atom stereocenters. The summed E-state index contributed by atoms with van der Waals surface area (Å²) in [4.78, 5) is 10.2. The van der Waals surface area contributed by atoms with E-state index in [0.717, 1.165) is 18.2 Å². The molecule has 0 aromatic heterocycles. The van der Waals surface area contributed by atoms with Gasteiger partial charge in [0.25, 0.3) is 5.69 Å². The molecule has 1 N–H and O–H groups in total. The fraction of sp³-hybridized carbons (Fsp3) is 0.143. The molecule has 0 saturated heterocycles. The number of aryl methyl sites for hydroxylation is 1. The molecule has 0 aliphatic rings. The largest absolute Gasteiger partial charge is 0.375 e. The first-order valence-electron chi connectivity index (χ1n) is 6.01. The summed E-state index contributed by atoms with van der Waals surface area (Å²) in [6.45, 7) is 1.38. The lowest BCUT2D eigenvalue weighted by atomic mass is 10.1. The van der Waals surface area contributed by atoms with Crippen LogP contribution in [0.3, 0.4) is 0 Å². The predicted molar refractivity (Wildman–Crippen MR) is 71.5 cm³/mol. The maximum Gasteiger partial charge on any atom is 0.295 e. The number of benzene rings is 2. The maximum absolute atomic E-state index is 13.5. The molecular formula is C14H11F3N2O2. The molecule has 0 spiro atoms. The molecule has 7 heteroatoms. The third kappa shape index (κ3) is 3.31. The van der Waals surface area contributed by atoms with Crippen molar-refractivity contribution >= 4 is 11.4 Å². The van der Waals surface area contributed by atoms with Crippen LogP contribution < -0.4 is 5.32 Å². The van der Waals surface area contributed by atoms with E-state index in [4.69, 9.17) is 0 Å². The topological polar surface area (TPSA) is 55.2 Å². The average molecular weight is 296 g/mol. The number of hydrogen-bond acceptors (Lipinski definition) is 3. The van der Waals surface area contributed by atoms with Crippen LogP contribution in [0.5, 0.6) is 0 Å². The zero-order chi connectivity index (χ0) is 15.6. The third-order valence-electron chi connectivity index (χ3n) is 2.96. The van der Waals surface area contributed by atoms with Crippen molar-refractivity contribution in [2.75, 3.05) is 5.32 Å². The van der Waals surface area contributed by atoms with Gasteiger partial charge in [-0.15, -0.1) is 0 Å². The highest BCUT2D eigenvalue weighted by Crippen LogP contribution is 2.28. The number of halogens is 3. The van der Waals surface area contributed by atoms with E-state index >= 15 is 0 Å². The SMILES string of the molecule is Cc1cc(NCc2ccc(F)cc2F)c([N+](=O)[O-])cc1F. The smallest absolute Gasteiger partial charge is 0.295 e. The Kier molecular flexibility index (Phi) is 4.11. The summed E-state index contributed by atoms with van der Waals surface area (Å²) in [5.74, 6) is -2.16. The molecule has 0 saturated carbocycles. The minimum atomic E-state index is -0.760. The van der Waals surface area contributed by atoms with Crippen molar-refractivity contribution < 1.29 is 18.1 Å². The molecule has 0 bridgehead atoms. The Hall–Kier alpha value is -2.57. The third-order valence-corrected chi connectivity index (χ3v) is 2.96. The van der Waals surface area contributed by atoms with Gasteiger partial charge in [-0.1, -0.05) is 6.07 Å². The molecule has 0 amide bonds. The second-order valence-electron chi connectivity index (χ2n) is 4.46. The van der Waals surface area contributed by atoms with Crippen molar-refractivity contribution in [1.82, 2.24) is 0 Å². The molecule has 2 aromatic carbocycles. The van der Waals surface area contributed by atoms with Gasteiger partial charge in [0.2, 0.25) is 0 Å². The lowest BCUT2D eigenvalue weighted by Gasteiger charge is -2.09. The van der Waals surface area contributed by atoms with Gasteiger partial charge >= 0.3 is 0 Å². The number of nitrogens with zero attached hydrogens (tertiary/aromatic N) is 1. The number of hydrogen-bond donors (Lipinski definition) is 1. The van der Waals surface area contributed by atoms with Crippen molar-refractivity contribution in [3.8, 4) is 0 Å². The van der Waals surface area contributed by atoms with Crippen LogP contribution in [-0.4, -0.2) is 4.92 Å². The highest BCUT2D eigenvalue weighted by Gasteiger charge is 2.17. The second kappa shape index (κ2) is 5.82. The zero-order valence-electron chi connectivity index (χ0n) is 11.0. The van der Waals surface area contributed by atoms with Crippen LogP contribution in [0.1, 0.15) is 11.1 Å².